The molecule has 0 radical (unpaired) electrons. The van der Waals surface area contributed by atoms with E-state index in [2.05, 4.69) is 34.6 Å². The number of hydrogen-bond donors (Lipinski definition) is 1. The van der Waals surface area contributed by atoms with Crippen LogP contribution < -0.4 is 5.73 Å². The van der Waals surface area contributed by atoms with Crippen LogP contribution >= 0.6 is 0 Å². The van der Waals surface area contributed by atoms with Crippen molar-refractivity contribution < 1.29 is 0 Å². The molecule has 1 nitrogen and oxygen atoms in total. The SMILES string of the molecule is CCCC(C)C(N)C(C)(C)CC. The van der Waals surface area contributed by atoms with Gasteiger partial charge in [0.25, 0.3) is 0 Å². The van der Waals surface area contributed by atoms with Gasteiger partial charge in [-0.3, -0.25) is 0 Å². The highest BCUT2D eigenvalue weighted by atomic mass is 14.7. The second-order valence-corrected chi connectivity index (χ2v) is 4.63. The van der Waals surface area contributed by atoms with Crippen molar-refractivity contribution in [3.05, 3.63) is 0 Å². The molecule has 2 unspecified atom stereocenters. The van der Waals surface area contributed by atoms with E-state index in [0.29, 0.717) is 17.4 Å². The maximum absolute atomic E-state index is 6.19. The van der Waals surface area contributed by atoms with E-state index >= 15 is 0 Å². The van der Waals surface area contributed by atoms with Crippen molar-refractivity contribution in [3.8, 4) is 0 Å². The number of rotatable bonds is 5. The van der Waals surface area contributed by atoms with Crippen molar-refractivity contribution in [2.24, 2.45) is 17.1 Å². The molecule has 0 spiro atoms. The van der Waals surface area contributed by atoms with E-state index in [-0.39, 0.29) is 0 Å². The standard InChI is InChI=1S/C11H25N/c1-6-8-9(3)10(12)11(4,5)7-2/h9-10H,6-8,12H2,1-5H3. The van der Waals surface area contributed by atoms with Gasteiger partial charge in [-0.2, -0.15) is 0 Å². The summed E-state index contributed by atoms with van der Waals surface area (Å²) in [6.07, 6.45) is 3.67. The Hall–Kier alpha value is -0.0400. The van der Waals surface area contributed by atoms with E-state index < -0.39 is 0 Å². The Balaban J connectivity index is 4.07. The summed E-state index contributed by atoms with van der Waals surface area (Å²) < 4.78 is 0. The predicted octanol–water partition coefficient (Wildman–Crippen LogP) is 3.19. The molecule has 0 saturated heterocycles. The summed E-state index contributed by atoms with van der Waals surface area (Å²) in [4.78, 5) is 0. The molecule has 74 valence electrons. The molecule has 0 aromatic carbocycles. The molecule has 0 aliphatic heterocycles. The van der Waals surface area contributed by atoms with Gasteiger partial charge in [0.05, 0.1) is 0 Å². The molecule has 0 aliphatic carbocycles. The molecule has 2 atom stereocenters. The second-order valence-electron chi connectivity index (χ2n) is 4.63. The van der Waals surface area contributed by atoms with Crippen molar-refractivity contribution in [1.82, 2.24) is 0 Å². The van der Waals surface area contributed by atoms with Crippen LogP contribution in [0.15, 0.2) is 0 Å². The molecule has 2 N–H and O–H groups in total. The van der Waals surface area contributed by atoms with Gasteiger partial charge in [-0.25, -0.2) is 0 Å². The average molecular weight is 171 g/mol. The van der Waals surface area contributed by atoms with Gasteiger partial charge in [-0.1, -0.05) is 41.0 Å². The Labute approximate surface area is 77.7 Å². The third-order valence-corrected chi connectivity index (χ3v) is 3.17. The molecular formula is C11H25N. The number of nitrogens with two attached hydrogens (primary N) is 1. The molecule has 1 heteroatoms. The molecule has 0 saturated carbocycles. The van der Waals surface area contributed by atoms with E-state index in [1.165, 1.54) is 19.3 Å². The van der Waals surface area contributed by atoms with Crippen LogP contribution in [-0.2, 0) is 0 Å². The minimum atomic E-state index is 0.300. The largest absolute Gasteiger partial charge is 0.327 e. The summed E-state index contributed by atoms with van der Waals surface area (Å²) in [5.41, 5.74) is 6.49. The predicted molar refractivity (Wildman–Crippen MR) is 56.1 cm³/mol. The summed E-state index contributed by atoms with van der Waals surface area (Å²) in [7, 11) is 0. The van der Waals surface area contributed by atoms with Crippen LogP contribution in [0.25, 0.3) is 0 Å². The zero-order valence-corrected chi connectivity index (χ0v) is 9.35. The zero-order chi connectivity index (χ0) is 9.78. The van der Waals surface area contributed by atoms with Crippen LogP contribution in [0.3, 0.4) is 0 Å². The molecule has 0 aromatic heterocycles. The Morgan fingerprint density at radius 2 is 1.75 bits per heavy atom. The molecule has 0 aliphatic rings. The molecule has 12 heavy (non-hydrogen) atoms. The van der Waals surface area contributed by atoms with Crippen LogP contribution in [0.2, 0.25) is 0 Å². The third kappa shape index (κ3) is 3.14. The lowest BCUT2D eigenvalue weighted by molar-refractivity contribution is 0.207. The topological polar surface area (TPSA) is 26.0 Å². The van der Waals surface area contributed by atoms with E-state index in [4.69, 9.17) is 5.73 Å². The van der Waals surface area contributed by atoms with Crippen LogP contribution in [0.1, 0.15) is 53.9 Å². The first-order valence-corrected chi connectivity index (χ1v) is 5.21. The van der Waals surface area contributed by atoms with Crippen molar-refractivity contribution in [1.29, 1.82) is 0 Å². The van der Waals surface area contributed by atoms with E-state index in [9.17, 15) is 0 Å². The van der Waals surface area contributed by atoms with Gasteiger partial charge in [-0.15, -0.1) is 0 Å². The lowest BCUT2D eigenvalue weighted by Crippen LogP contribution is -2.42. The van der Waals surface area contributed by atoms with Gasteiger partial charge in [0.15, 0.2) is 0 Å². The lowest BCUT2D eigenvalue weighted by Gasteiger charge is -2.34. The minimum absolute atomic E-state index is 0.300. The quantitative estimate of drug-likeness (QED) is 0.675. The van der Waals surface area contributed by atoms with Crippen LogP contribution in [0.4, 0.5) is 0 Å². The fourth-order valence-corrected chi connectivity index (χ4v) is 1.64. The summed E-state index contributed by atoms with van der Waals surface area (Å²) >= 11 is 0. The first-order chi connectivity index (χ1) is 5.45. The van der Waals surface area contributed by atoms with Crippen LogP contribution in [0, 0.1) is 11.3 Å². The Morgan fingerprint density at radius 1 is 1.25 bits per heavy atom. The first-order valence-electron chi connectivity index (χ1n) is 5.21. The second kappa shape index (κ2) is 4.86. The summed E-state index contributed by atoms with van der Waals surface area (Å²) in [6, 6.07) is 0.349. The summed E-state index contributed by atoms with van der Waals surface area (Å²) in [6.45, 7) is 11.2. The monoisotopic (exact) mass is 171 g/mol. The highest BCUT2D eigenvalue weighted by molar-refractivity contribution is 4.83. The molecule has 0 fully saturated rings. The smallest absolute Gasteiger partial charge is 0.0116 e. The molecule has 0 rings (SSSR count). The fraction of sp³-hybridized carbons (Fsp3) is 1.00. The summed E-state index contributed by atoms with van der Waals surface area (Å²) in [5.74, 6) is 0.657. The van der Waals surface area contributed by atoms with Crippen molar-refractivity contribution in [2.45, 2.75) is 59.9 Å². The Morgan fingerprint density at radius 3 is 2.08 bits per heavy atom. The first kappa shape index (κ1) is 12.0. The maximum Gasteiger partial charge on any atom is 0.0116 e. The fourth-order valence-electron chi connectivity index (χ4n) is 1.64. The van der Waals surface area contributed by atoms with Crippen molar-refractivity contribution >= 4 is 0 Å². The third-order valence-electron chi connectivity index (χ3n) is 3.17. The molecule has 0 amide bonds. The average Bonchev–Trinajstić information content (AvgIpc) is 2.03. The highest BCUT2D eigenvalue weighted by Crippen LogP contribution is 2.29. The van der Waals surface area contributed by atoms with E-state index in [0.717, 1.165) is 0 Å². The van der Waals surface area contributed by atoms with Gasteiger partial charge >= 0.3 is 0 Å². The minimum Gasteiger partial charge on any atom is -0.327 e. The summed E-state index contributed by atoms with van der Waals surface area (Å²) in [5, 5.41) is 0. The molecule has 0 aromatic rings. The van der Waals surface area contributed by atoms with Crippen molar-refractivity contribution in [3.63, 3.8) is 0 Å². The maximum atomic E-state index is 6.19. The van der Waals surface area contributed by atoms with Gasteiger partial charge in [-0.05, 0) is 24.2 Å². The van der Waals surface area contributed by atoms with Gasteiger partial charge < -0.3 is 5.73 Å². The lowest BCUT2D eigenvalue weighted by atomic mass is 9.75. The number of hydrogen-bond acceptors (Lipinski definition) is 1. The van der Waals surface area contributed by atoms with Gasteiger partial charge in [0, 0.05) is 6.04 Å². The van der Waals surface area contributed by atoms with Crippen LogP contribution in [0.5, 0.6) is 0 Å². The zero-order valence-electron chi connectivity index (χ0n) is 9.35. The van der Waals surface area contributed by atoms with E-state index in [1.807, 2.05) is 0 Å². The molecular weight excluding hydrogens is 146 g/mol. The van der Waals surface area contributed by atoms with Gasteiger partial charge in [0.2, 0.25) is 0 Å². The van der Waals surface area contributed by atoms with Gasteiger partial charge in [0.1, 0.15) is 0 Å². The van der Waals surface area contributed by atoms with E-state index in [1.54, 1.807) is 0 Å². The molecule has 0 heterocycles. The molecule has 0 bridgehead atoms. The van der Waals surface area contributed by atoms with Crippen LogP contribution in [-0.4, -0.2) is 6.04 Å². The normalized spacial score (nSPS) is 17.5. The Kier molecular flexibility index (Phi) is 4.84. The highest BCUT2D eigenvalue weighted by Gasteiger charge is 2.27. The van der Waals surface area contributed by atoms with Crippen molar-refractivity contribution in [2.75, 3.05) is 0 Å². The Bertz CT molecular complexity index is 118.